The molecule has 0 amide bonds. The third kappa shape index (κ3) is 1.95. The summed E-state index contributed by atoms with van der Waals surface area (Å²) in [4.78, 5) is 21.8. The molecule has 0 saturated carbocycles. The maximum absolute atomic E-state index is 11.6. The van der Waals surface area contributed by atoms with Gasteiger partial charge in [-0.2, -0.15) is 0 Å². The monoisotopic (exact) mass is 246 g/mol. The first-order valence-corrected chi connectivity index (χ1v) is 5.20. The van der Waals surface area contributed by atoms with E-state index in [1.807, 2.05) is 0 Å². The third-order valence-corrected chi connectivity index (χ3v) is 2.39. The van der Waals surface area contributed by atoms with Crippen LogP contribution in [0.3, 0.4) is 0 Å². The van der Waals surface area contributed by atoms with Crippen LogP contribution in [0.5, 0.6) is 0 Å². The molecular weight excluding hydrogens is 236 g/mol. The Bertz CT molecular complexity index is 675. The van der Waals surface area contributed by atoms with Crippen LogP contribution in [-0.2, 0) is 0 Å². The van der Waals surface area contributed by atoms with Gasteiger partial charge in [0.1, 0.15) is 11.3 Å². The number of hydrogen-bond donors (Lipinski definition) is 1. The van der Waals surface area contributed by atoms with Gasteiger partial charge in [0.15, 0.2) is 0 Å². The van der Waals surface area contributed by atoms with E-state index in [0.29, 0.717) is 17.5 Å². The van der Waals surface area contributed by atoms with Crippen molar-refractivity contribution in [3.8, 4) is 0 Å². The second-order valence-electron chi connectivity index (χ2n) is 3.54. The lowest BCUT2D eigenvalue weighted by atomic mass is 10.2. The Kier molecular flexibility index (Phi) is 3.09. The molecule has 2 rings (SSSR count). The first-order chi connectivity index (χ1) is 8.65. The zero-order valence-corrected chi connectivity index (χ0v) is 9.38. The van der Waals surface area contributed by atoms with Crippen LogP contribution in [0.1, 0.15) is 0 Å². The number of benzene rings is 1. The van der Waals surface area contributed by atoms with E-state index in [1.54, 1.807) is 30.3 Å². The smallest absolute Gasteiger partial charge is 0.417 e. The van der Waals surface area contributed by atoms with Gasteiger partial charge in [0.2, 0.25) is 0 Å². The van der Waals surface area contributed by atoms with Gasteiger partial charge in [-0.3, -0.25) is 10.1 Å². The van der Waals surface area contributed by atoms with Gasteiger partial charge < -0.3 is 9.73 Å². The highest BCUT2D eigenvalue weighted by Gasteiger charge is 2.23. The summed E-state index contributed by atoms with van der Waals surface area (Å²) in [6.07, 6.45) is 1.55. The lowest BCUT2D eigenvalue weighted by molar-refractivity contribution is -0.386. The molecule has 0 bridgehead atoms. The molecule has 0 atom stereocenters. The van der Waals surface area contributed by atoms with E-state index in [4.69, 9.17) is 4.42 Å². The molecule has 18 heavy (non-hydrogen) atoms. The Morgan fingerprint density at radius 2 is 2.17 bits per heavy atom. The largest absolute Gasteiger partial charge is 0.418 e. The first-order valence-electron chi connectivity index (χ1n) is 5.20. The molecule has 0 radical (unpaired) electrons. The van der Waals surface area contributed by atoms with Crippen molar-refractivity contribution in [1.29, 1.82) is 0 Å². The van der Waals surface area contributed by atoms with Gasteiger partial charge in [-0.1, -0.05) is 18.2 Å². The maximum atomic E-state index is 11.6. The standard InChI is InChI=1S/C12H10N2O4/c1-2-7-13-10-8-5-3-4-6-9(8)18-12(15)11(10)14(16)17/h2-6,13H,1,7H2. The molecular formula is C12H10N2O4. The molecule has 0 spiro atoms. The number of rotatable bonds is 4. The highest BCUT2D eigenvalue weighted by Crippen LogP contribution is 2.29. The van der Waals surface area contributed by atoms with Gasteiger partial charge in [0, 0.05) is 11.9 Å². The zero-order valence-electron chi connectivity index (χ0n) is 9.38. The van der Waals surface area contributed by atoms with Crippen molar-refractivity contribution in [1.82, 2.24) is 0 Å². The van der Waals surface area contributed by atoms with Gasteiger partial charge >= 0.3 is 11.3 Å². The number of fused-ring (bicyclic) bond motifs is 1. The van der Waals surface area contributed by atoms with Crippen LogP contribution in [0.2, 0.25) is 0 Å². The Morgan fingerprint density at radius 1 is 1.44 bits per heavy atom. The van der Waals surface area contributed by atoms with Gasteiger partial charge in [-0.05, 0) is 12.1 Å². The van der Waals surface area contributed by atoms with E-state index in [0.717, 1.165) is 0 Å². The molecule has 1 heterocycles. The SMILES string of the molecule is C=CCNc1c([N+](=O)[O-])c(=O)oc2ccccc12. The number of anilines is 1. The molecule has 6 nitrogen and oxygen atoms in total. The number of nitro groups is 1. The van der Waals surface area contributed by atoms with Crippen molar-refractivity contribution in [3.63, 3.8) is 0 Å². The van der Waals surface area contributed by atoms with E-state index in [1.165, 1.54) is 0 Å². The molecule has 6 heteroatoms. The summed E-state index contributed by atoms with van der Waals surface area (Å²) in [5.74, 6) is 0. The molecule has 1 aromatic carbocycles. The van der Waals surface area contributed by atoms with E-state index >= 15 is 0 Å². The average molecular weight is 246 g/mol. The zero-order chi connectivity index (χ0) is 13.1. The maximum Gasteiger partial charge on any atom is 0.417 e. The van der Waals surface area contributed by atoms with Gasteiger partial charge in [-0.25, -0.2) is 4.79 Å². The van der Waals surface area contributed by atoms with E-state index in [-0.39, 0.29) is 5.69 Å². The quantitative estimate of drug-likeness (QED) is 0.387. The van der Waals surface area contributed by atoms with Crippen LogP contribution >= 0.6 is 0 Å². The number of para-hydroxylation sites is 1. The Labute approximate surface area is 102 Å². The summed E-state index contributed by atoms with van der Waals surface area (Å²) in [5, 5.41) is 14.2. The number of nitrogens with zero attached hydrogens (tertiary/aromatic N) is 1. The fraction of sp³-hybridized carbons (Fsp3) is 0.0833. The predicted octanol–water partition coefficient (Wildman–Crippen LogP) is 2.30. The minimum absolute atomic E-state index is 0.159. The molecule has 0 aliphatic rings. The average Bonchev–Trinajstić information content (AvgIpc) is 2.34. The highest BCUT2D eigenvalue weighted by atomic mass is 16.6. The fourth-order valence-corrected chi connectivity index (χ4v) is 1.66. The van der Waals surface area contributed by atoms with Gasteiger partial charge in [-0.15, -0.1) is 6.58 Å². The second-order valence-corrected chi connectivity index (χ2v) is 3.54. The van der Waals surface area contributed by atoms with Crippen molar-refractivity contribution in [2.75, 3.05) is 11.9 Å². The Morgan fingerprint density at radius 3 is 2.83 bits per heavy atom. The summed E-state index contributed by atoms with van der Waals surface area (Å²) >= 11 is 0. The van der Waals surface area contributed by atoms with Crippen LogP contribution < -0.4 is 10.9 Å². The summed E-state index contributed by atoms with van der Waals surface area (Å²) in [6, 6.07) is 6.63. The van der Waals surface area contributed by atoms with Crippen molar-refractivity contribution in [2.24, 2.45) is 0 Å². The molecule has 2 aromatic rings. The number of nitrogens with one attached hydrogen (secondary N) is 1. The molecule has 0 unspecified atom stereocenters. The van der Waals surface area contributed by atoms with Crippen LogP contribution in [0.15, 0.2) is 46.1 Å². The van der Waals surface area contributed by atoms with Gasteiger partial charge in [0.05, 0.1) is 4.92 Å². The molecule has 0 aliphatic heterocycles. The minimum atomic E-state index is -0.967. The summed E-state index contributed by atoms with van der Waals surface area (Å²) < 4.78 is 4.91. The van der Waals surface area contributed by atoms with Gasteiger partial charge in [0.25, 0.3) is 0 Å². The first kappa shape index (κ1) is 11.8. The van der Waals surface area contributed by atoms with E-state index in [2.05, 4.69) is 11.9 Å². The van der Waals surface area contributed by atoms with E-state index in [9.17, 15) is 14.9 Å². The predicted molar refractivity (Wildman–Crippen MR) is 67.8 cm³/mol. The minimum Gasteiger partial charge on any atom is -0.418 e. The van der Waals surface area contributed by atoms with E-state index < -0.39 is 16.2 Å². The lowest BCUT2D eigenvalue weighted by Crippen LogP contribution is -2.12. The van der Waals surface area contributed by atoms with Crippen molar-refractivity contribution >= 4 is 22.3 Å². The highest BCUT2D eigenvalue weighted by molar-refractivity contribution is 5.94. The summed E-state index contributed by atoms with van der Waals surface area (Å²) in [7, 11) is 0. The van der Waals surface area contributed by atoms with Crippen LogP contribution in [-0.4, -0.2) is 11.5 Å². The number of hydrogen-bond acceptors (Lipinski definition) is 5. The van der Waals surface area contributed by atoms with Crippen LogP contribution in [0, 0.1) is 10.1 Å². The van der Waals surface area contributed by atoms with Crippen LogP contribution in [0.25, 0.3) is 11.0 Å². The molecule has 1 aromatic heterocycles. The lowest BCUT2D eigenvalue weighted by Gasteiger charge is -2.06. The van der Waals surface area contributed by atoms with Crippen molar-refractivity contribution in [2.45, 2.75) is 0 Å². The Balaban J connectivity index is 2.80. The molecule has 0 aliphatic carbocycles. The summed E-state index contributed by atoms with van der Waals surface area (Å²) in [5.41, 5.74) is -1.09. The fourth-order valence-electron chi connectivity index (χ4n) is 1.66. The molecule has 92 valence electrons. The molecule has 0 saturated heterocycles. The third-order valence-electron chi connectivity index (χ3n) is 2.39. The topological polar surface area (TPSA) is 85.4 Å². The molecule has 0 fully saturated rings. The second kappa shape index (κ2) is 4.70. The summed E-state index contributed by atoms with van der Waals surface area (Å²) in [6.45, 7) is 3.83. The molecule has 1 N–H and O–H groups in total. The van der Waals surface area contributed by atoms with Crippen LogP contribution in [0.4, 0.5) is 11.4 Å². The normalized spacial score (nSPS) is 10.2. The van der Waals surface area contributed by atoms with Crippen molar-refractivity contribution < 1.29 is 9.34 Å². The van der Waals surface area contributed by atoms with Crippen molar-refractivity contribution in [3.05, 3.63) is 57.5 Å². The Hall–Kier alpha value is -2.63.